The lowest BCUT2D eigenvalue weighted by atomic mass is 9.99. The highest BCUT2D eigenvalue weighted by Gasteiger charge is 2.10. The van der Waals surface area contributed by atoms with Crippen molar-refractivity contribution in [2.75, 3.05) is 0 Å². The zero-order chi connectivity index (χ0) is 19.6. The molecule has 0 aliphatic heterocycles. The van der Waals surface area contributed by atoms with Gasteiger partial charge in [0.25, 0.3) is 0 Å². The predicted molar refractivity (Wildman–Crippen MR) is 111 cm³/mol. The molecule has 0 saturated carbocycles. The highest BCUT2D eigenvalue weighted by atomic mass is 19.1. The number of hydrogen-bond acceptors (Lipinski definition) is 2. The molecule has 1 heterocycles. The number of aryl methyl sites for hydroxylation is 1. The largest absolute Gasteiger partial charge is 0.252 e. The second-order valence-corrected chi connectivity index (χ2v) is 6.46. The molecule has 0 amide bonds. The Hall–Kier alpha value is -2.99. The summed E-state index contributed by atoms with van der Waals surface area (Å²) in [5.74, 6) is -0.187. The Kier molecular flexibility index (Phi) is 7.70. The van der Waals surface area contributed by atoms with Crippen molar-refractivity contribution in [3.63, 3.8) is 0 Å². The molecule has 0 atom stereocenters. The molecule has 0 fully saturated rings. The summed E-state index contributed by atoms with van der Waals surface area (Å²) in [6, 6.07) is 13.7. The van der Waals surface area contributed by atoms with Crippen LogP contribution in [0.5, 0.6) is 0 Å². The molecule has 1 aromatic heterocycles. The average molecular weight is 360 g/mol. The number of unbranched alkanes of at least 4 members (excludes halogenated alkanes) is 2. The van der Waals surface area contributed by atoms with Gasteiger partial charge >= 0.3 is 0 Å². The predicted octanol–water partition coefficient (Wildman–Crippen LogP) is 6.80. The maximum atomic E-state index is 13.4. The third-order valence-corrected chi connectivity index (χ3v) is 4.29. The van der Waals surface area contributed by atoms with Gasteiger partial charge in [0.2, 0.25) is 0 Å². The molecular formula is C24H25FN2. The molecule has 0 saturated heterocycles. The molecule has 0 N–H and O–H groups in total. The van der Waals surface area contributed by atoms with E-state index < -0.39 is 0 Å². The molecule has 1 aromatic carbocycles. The van der Waals surface area contributed by atoms with Crippen LogP contribution in [0.25, 0.3) is 16.8 Å². The molecule has 3 heteroatoms. The first-order valence-corrected chi connectivity index (χ1v) is 9.20. The third kappa shape index (κ3) is 5.76. The van der Waals surface area contributed by atoms with Crippen LogP contribution in [0.4, 0.5) is 4.39 Å². The zero-order valence-corrected chi connectivity index (χ0v) is 16.0. The van der Waals surface area contributed by atoms with Gasteiger partial charge in [-0.1, -0.05) is 36.9 Å². The number of rotatable bonds is 8. The van der Waals surface area contributed by atoms with E-state index in [9.17, 15) is 9.65 Å². The molecular weight excluding hydrogens is 335 g/mol. The van der Waals surface area contributed by atoms with Crippen LogP contribution < -0.4 is 0 Å². The van der Waals surface area contributed by atoms with Gasteiger partial charge in [0, 0.05) is 11.3 Å². The Morgan fingerprint density at radius 1 is 1.22 bits per heavy atom. The quantitative estimate of drug-likeness (QED) is 0.383. The Balaban J connectivity index is 2.18. The van der Waals surface area contributed by atoms with Gasteiger partial charge in [-0.25, -0.2) is 4.39 Å². The summed E-state index contributed by atoms with van der Waals surface area (Å²) >= 11 is 0. The number of allylic oxidation sites excluding steroid dienone is 5. The molecule has 27 heavy (non-hydrogen) atoms. The Morgan fingerprint density at radius 2 is 2.00 bits per heavy atom. The monoisotopic (exact) mass is 360 g/mol. The summed E-state index contributed by atoms with van der Waals surface area (Å²) in [7, 11) is 0. The lowest BCUT2D eigenvalue weighted by Gasteiger charge is -2.12. The van der Waals surface area contributed by atoms with Crippen LogP contribution in [0.3, 0.4) is 0 Å². The molecule has 2 rings (SSSR count). The van der Waals surface area contributed by atoms with Crippen LogP contribution in [-0.2, 0) is 6.42 Å². The van der Waals surface area contributed by atoms with Gasteiger partial charge in [-0.15, -0.1) is 0 Å². The van der Waals surface area contributed by atoms with Crippen molar-refractivity contribution in [2.24, 2.45) is 0 Å². The van der Waals surface area contributed by atoms with E-state index in [1.165, 1.54) is 6.08 Å². The first-order chi connectivity index (χ1) is 13.1. The summed E-state index contributed by atoms with van der Waals surface area (Å²) in [6.07, 6.45) is 8.08. The normalized spacial score (nSPS) is 11.6. The van der Waals surface area contributed by atoms with Crippen molar-refractivity contribution in [1.29, 1.82) is 5.26 Å². The van der Waals surface area contributed by atoms with Gasteiger partial charge in [0.05, 0.1) is 17.3 Å². The van der Waals surface area contributed by atoms with Crippen LogP contribution in [-0.4, -0.2) is 4.98 Å². The lowest BCUT2D eigenvalue weighted by molar-refractivity contribution is 0.650. The fourth-order valence-corrected chi connectivity index (χ4v) is 2.94. The standard InChI is InChI=1S/C24H25FN2/c1-4-10-20(25)12-6-5-7-14-23-21(18(2)3)15-16-24(27-23)22-13-9-8-11-19(22)17-26/h4,8-13,15-16H,2,5-7,14H2,1,3H3/b10-4-,20-12+. The molecule has 0 unspecified atom stereocenters. The minimum absolute atomic E-state index is 0.187. The van der Waals surface area contributed by atoms with Crippen LogP contribution in [0.2, 0.25) is 0 Å². The number of halogens is 1. The molecule has 0 aliphatic rings. The summed E-state index contributed by atoms with van der Waals surface area (Å²) in [5, 5.41) is 9.34. The molecule has 0 radical (unpaired) electrons. The first-order valence-electron chi connectivity index (χ1n) is 9.20. The van der Waals surface area contributed by atoms with Crippen LogP contribution >= 0.6 is 0 Å². The topological polar surface area (TPSA) is 36.7 Å². The second kappa shape index (κ2) is 10.2. The van der Waals surface area contributed by atoms with E-state index in [0.717, 1.165) is 47.4 Å². The molecule has 2 aromatic rings. The lowest BCUT2D eigenvalue weighted by Crippen LogP contribution is -1.99. The van der Waals surface area contributed by atoms with E-state index in [0.29, 0.717) is 12.0 Å². The average Bonchev–Trinajstić information content (AvgIpc) is 2.67. The van der Waals surface area contributed by atoms with Crippen molar-refractivity contribution in [2.45, 2.75) is 39.5 Å². The number of pyridine rings is 1. The van der Waals surface area contributed by atoms with Gasteiger partial charge in [-0.05, 0) is 75.0 Å². The van der Waals surface area contributed by atoms with E-state index in [2.05, 4.69) is 12.6 Å². The summed E-state index contributed by atoms with van der Waals surface area (Å²) in [4.78, 5) is 4.82. The number of hydrogen-bond donors (Lipinski definition) is 0. The molecule has 0 spiro atoms. The highest BCUT2D eigenvalue weighted by Crippen LogP contribution is 2.26. The van der Waals surface area contributed by atoms with Crippen LogP contribution in [0, 0.1) is 11.3 Å². The minimum Gasteiger partial charge on any atom is -0.252 e. The Morgan fingerprint density at radius 3 is 2.70 bits per heavy atom. The maximum absolute atomic E-state index is 13.4. The van der Waals surface area contributed by atoms with Gasteiger partial charge in [0.15, 0.2) is 0 Å². The molecule has 0 aliphatic carbocycles. The van der Waals surface area contributed by atoms with Gasteiger partial charge in [-0.2, -0.15) is 5.26 Å². The van der Waals surface area contributed by atoms with Crippen molar-refractivity contribution in [3.05, 3.63) is 83.9 Å². The van der Waals surface area contributed by atoms with Crippen LogP contribution in [0.15, 0.2) is 67.0 Å². The van der Waals surface area contributed by atoms with Gasteiger partial charge < -0.3 is 0 Å². The van der Waals surface area contributed by atoms with E-state index in [-0.39, 0.29) is 5.83 Å². The van der Waals surface area contributed by atoms with Crippen molar-refractivity contribution < 1.29 is 4.39 Å². The minimum atomic E-state index is -0.187. The first kappa shape index (κ1) is 20.3. The molecule has 2 nitrogen and oxygen atoms in total. The van der Waals surface area contributed by atoms with Crippen molar-refractivity contribution in [3.8, 4) is 17.3 Å². The number of nitriles is 1. The molecule has 138 valence electrons. The van der Waals surface area contributed by atoms with Crippen LogP contribution in [0.1, 0.15) is 49.9 Å². The SMILES string of the molecule is C=C(C)c1ccc(-c2ccccc2C#N)nc1CCCC/C=C(F)\C=C/C. The number of benzene rings is 1. The number of nitrogens with zero attached hydrogens (tertiary/aromatic N) is 2. The smallest absolute Gasteiger partial charge is 0.118 e. The van der Waals surface area contributed by atoms with E-state index in [1.807, 2.05) is 37.3 Å². The zero-order valence-electron chi connectivity index (χ0n) is 16.0. The van der Waals surface area contributed by atoms with E-state index in [1.54, 1.807) is 25.1 Å². The van der Waals surface area contributed by atoms with Gasteiger partial charge in [-0.3, -0.25) is 4.98 Å². The Bertz CT molecular complexity index is 901. The van der Waals surface area contributed by atoms with E-state index >= 15 is 0 Å². The second-order valence-electron chi connectivity index (χ2n) is 6.46. The van der Waals surface area contributed by atoms with Crippen molar-refractivity contribution in [1.82, 2.24) is 4.98 Å². The van der Waals surface area contributed by atoms with Crippen molar-refractivity contribution >= 4 is 5.57 Å². The number of aromatic nitrogens is 1. The maximum Gasteiger partial charge on any atom is 0.118 e. The summed E-state index contributed by atoms with van der Waals surface area (Å²) in [6.45, 7) is 7.82. The fraction of sp³-hybridized carbons (Fsp3) is 0.250. The highest BCUT2D eigenvalue weighted by molar-refractivity contribution is 5.70. The third-order valence-electron chi connectivity index (χ3n) is 4.29. The van der Waals surface area contributed by atoms with Gasteiger partial charge in [0.1, 0.15) is 5.83 Å². The molecule has 0 bridgehead atoms. The summed E-state index contributed by atoms with van der Waals surface area (Å²) < 4.78 is 13.4. The van der Waals surface area contributed by atoms with E-state index in [4.69, 9.17) is 4.98 Å². The Labute approximate surface area is 161 Å². The summed E-state index contributed by atoms with van der Waals surface area (Å²) in [5.41, 5.74) is 5.24. The fourth-order valence-electron chi connectivity index (χ4n) is 2.94.